The van der Waals surface area contributed by atoms with E-state index < -0.39 is 0 Å². The van der Waals surface area contributed by atoms with Crippen LogP contribution in [0.4, 0.5) is 5.69 Å². The zero-order chi connectivity index (χ0) is 12.1. The van der Waals surface area contributed by atoms with E-state index in [9.17, 15) is 0 Å². The van der Waals surface area contributed by atoms with E-state index in [4.69, 9.17) is 10.5 Å². The van der Waals surface area contributed by atoms with E-state index in [0.29, 0.717) is 12.3 Å². The van der Waals surface area contributed by atoms with E-state index >= 15 is 0 Å². The minimum absolute atomic E-state index is 0.673. The number of benzene rings is 1. The Bertz CT molecular complexity index is 482. The van der Waals surface area contributed by atoms with E-state index in [2.05, 4.69) is 11.9 Å². The standard InChI is InChI=1S/C13H16N2OS/c1-10-9-15-13(17-10)7-4-8-16-12-6-3-2-5-11(12)14/h2-3,5-6,9H,4,7-8,14H2,1H3. The molecule has 2 rings (SSSR count). The van der Waals surface area contributed by atoms with Crippen LogP contribution in [0.5, 0.6) is 5.75 Å². The second-order valence-electron chi connectivity index (χ2n) is 3.85. The van der Waals surface area contributed by atoms with Crippen molar-refractivity contribution in [2.24, 2.45) is 0 Å². The Morgan fingerprint density at radius 3 is 2.88 bits per heavy atom. The molecule has 0 spiro atoms. The van der Waals surface area contributed by atoms with Gasteiger partial charge in [0.05, 0.1) is 17.3 Å². The van der Waals surface area contributed by atoms with Gasteiger partial charge in [0, 0.05) is 17.5 Å². The molecular formula is C13H16N2OS. The number of aryl methyl sites for hydroxylation is 2. The number of nitrogens with zero attached hydrogens (tertiary/aromatic N) is 1. The van der Waals surface area contributed by atoms with E-state index in [1.807, 2.05) is 30.5 Å². The third kappa shape index (κ3) is 3.46. The van der Waals surface area contributed by atoms with Gasteiger partial charge < -0.3 is 10.5 Å². The van der Waals surface area contributed by atoms with Crippen molar-refractivity contribution < 1.29 is 4.74 Å². The summed E-state index contributed by atoms with van der Waals surface area (Å²) in [5.74, 6) is 0.766. The van der Waals surface area contributed by atoms with Crippen molar-refractivity contribution >= 4 is 17.0 Å². The molecule has 0 unspecified atom stereocenters. The smallest absolute Gasteiger partial charge is 0.142 e. The van der Waals surface area contributed by atoms with Crippen LogP contribution in [0, 0.1) is 6.92 Å². The average Bonchev–Trinajstić information content (AvgIpc) is 2.73. The highest BCUT2D eigenvalue weighted by molar-refractivity contribution is 7.11. The van der Waals surface area contributed by atoms with Crippen molar-refractivity contribution in [1.82, 2.24) is 4.98 Å². The predicted octanol–water partition coefficient (Wildman–Crippen LogP) is 3.05. The molecule has 2 N–H and O–H groups in total. The first-order valence-corrected chi connectivity index (χ1v) is 6.46. The number of rotatable bonds is 5. The fraction of sp³-hybridized carbons (Fsp3) is 0.308. The number of aromatic nitrogens is 1. The maximum atomic E-state index is 5.78. The van der Waals surface area contributed by atoms with Crippen LogP contribution in [0.15, 0.2) is 30.5 Å². The van der Waals surface area contributed by atoms with Gasteiger partial charge in [-0.05, 0) is 25.5 Å². The molecule has 17 heavy (non-hydrogen) atoms. The molecule has 0 saturated heterocycles. The highest BCUT2D eigenvalue weighted by Gasteiger charge is 2.00. The molecule has 0 bridgehead atoms. The summed E-state index contributed by atoms with van der Waals surface area (Å²) in [5, 5.41) is 1.17. The number of ether oxygens (including phenoxy) is 1. The van der Waals surface area contributed by atoms with Gasteiger partial charge in [-0.15, -0.1) is 11.3 Å². The lowest BCUT2D eigenvalue weighted by molar-refractivity contribution is 0.312. The molecule has 2 aromatic rings. The molecule has 0 fully saturated rings. The van der Waals surface area contributed by atoms with Gasteiger partial charge in [0.1, 0.15) is 5.75 Å². The number of hydrogen-bond acceptors (Lipinski definition) is 4. The van der Waals surface area contributed by atoms with E-state index in [1.54, 1.807) is 11.3 Å². The largest absolute Gasteiger partial charge is 0.491 e. The maximum Gasteiger partial charge on any atom is 0.142 e. The minimum Gasteiger partial charge on any atom is -0.491 e. The van der Waals surface area contributed by atoms with Crippen molar-refractivity contribution in [2.75, 3.05) is 12.3 Å². The van der Waals surface area contributed by atoms with Crippen molar-refractivity contribution in [1.29, 1.82) is 0 Å². The molecule has 1 heterocycles. The summed E-state index contributed by atoms with van der Waals surface area (Å²) in [5.41, 5.74) is 6.47. The number of hydrogen-bond donors (Lipinski definition) is 1. The first-order chi connectivity index (χ1) is 8.25. The van der Waals surface area contributed by atoms with Crippen LogP contribution in [-0.2, 0) is 6.42 Å². The Morgan fingerprint density at radius 2 is 2.18 bits per heavy atom. The molecule has 1 aromatic carbocycles. The van der Waals surface area contributed by atoms with Gasteiger partial charge in [-0.3, -0.25) is 0 Å². The van der Waals surface area contributed by atoms with Crippen LogP contribution in [0.2, 0.25) is 0 Å². The Kier molecular flexibility index (Phi) is 3.98. The fourth-order valence-electron chi connectivity index (χ4n) is 1.53. The number of thiazole rings is 1. The first kappa shape index (κ1) is 11.9. The molecule has 0 atom stereocenters. The second kappa shape index (κ2) is 5.68. The van der Waals surface area contributed by atoms with E-state index in [0.717, 1.165) is 18.6 Å². The third-order valence-corrected chi connectivity index (χ3v) is 3.35. The predicted molar refractivity (Wildman–Crippen MR) is 71.5 cm³/mol. The number of nitrogen functional groups attached to an aromatic ring is 1. The van der Waals surface area contributed by atoms with Crippen molar-refractivity contribution in [3.63, 3.8) is 0 Å². The molecule has 3 nitrogen and oxygen atoms in total. The summed E-state index contributed by atoms with van der Waals surface area (Å²) in [7, 11) is 0. The summed E-state index contributed by atoms with van der Waals surface area (Å²) in [6, 6.07) is 7.57. The molecule has 0 radical (unpaired) electrons. The molecule has 0 aliphatic rings. The van der Waals surface area contributed by atoms with Crippen molar-refractivity contribution in [3.05, 3.63) is 40.3 Å². The first-order valence-electron chi connectivity index (χ1n) is 5.64. The topological polar surface area (TPSA) is 48.1 Å². The van der Waals surface area contributed by atoms with Gasteiger partial charge in [0.2, 0.25) is 0 Å². The Balaban J connectivity index is 1.75. The van der Waals surface area contributed by atoms with Gasteiger partial charge in [-0.2, -0.15) is 0 Å². The van der Waals surface area contributed by atoms with Crippen molar-refractivity contribution in [2.45, 2.75) is 19.8 Å². The van der Waals surface area contributed by atoms with Crippen LogP contribution in [0.1, 0.15) is 16.3 Å². The van der Waals surface area contributed by atoms with Crippen LogP contribution >= 0.6 is 11.3 Å². The van der Waals surface area contributed by atoms with Gasteiger partial charge in [0.25, 0.3) is 0 Å². The summed E-state index contributed by atoms with van der Waals surface area (Å²) in [6.07, 6.45) is 3.84. The molecule has 0 aliphatic carbocycles. The lowest BCUT2D eigenvalue weighted by Gasteiger charge is -2.07. The molecule has 90 valence electrons. The summed E-state index contributed by atoms with van der Waals surface area (Å²) in [6.45, 7) is 2.75. The molecular weight excluding hydrogens is 232 g/mol. The lowest BCUT2D eigenvalue weighted by atomic mass is 10.3. The summed E-state index contributed by atoms with van der Waals surface area (Å²) in [4.78, 5) is 5.57. The third-order valence-electron chi connectivity index (χ3n) is 2.38. The zero-order valence-electron chi connectivity index (χ0n) is 9.85. The Morgan fingerprint density at radius 1 is 1.35 bits per heavy atom. The normalized spacial score (nSPS) is 10.4. The van der Waals surface area contributed by atoms with Gasteiger partial charge in [-0.1, -0.05) is 12.1 Å². The number of anilines is 1. The minimum atomic E-state index is 0.673. The number of para-hydroxylation sites is 2. The molecule has 0 amide bonds. The van der Waals surface area contributed by atoms with Crippen LogP contribution < -0.4 is 10.5 Å². The quantitative estimate of drug-likeness (QED) is 0.653. The fourth-order valence-corrected chi connectivity index (χ4v) is 2.36. The second-order valence-corrected chi connectivity index (χ2v) is 5.17. The van der Waals surface area contributed by atoms with Crippen molar-refractivity contribution in [3.8, 4) is 5.75 Å². The van der Waals surface area contributed by atoms with Gasteiger partial charge in [0.15, 0.2) is 0 Å². The van der Waals surface area contributed by atoms with Crippen LogP contribution in [-0.4, -0.2) is 11.6 Å². The summed E-state index contributed by atoms with van der Waals surface area (Å²) < 4.78 is 5.62. The van der Waals surface area contributed by atoms with Crippen LogP contribution in [0.25, 0.3) is 0 Å². The lowest BCUT2D eigenvalue weighted by Crippen LogP contribution is -2.01. The molecule has 0 saturated carbocycles. The van der Waals surface area contributed by atoms with Gasteiger partial charge in [-0.25, -0.2) is 4.98 Å². The van der Waals surface area contributed by atoms with Crippen LogP contribution in [0.3, 0.4) is 0 Å². The average molecular weight is 248 g/mol. The molecule has 4 heteroatoms. The maximum absolute atomic E-state index is 5.78. The molecule has 0 aliphatic heterocycles. The summed E-state index contributed by atoms with van der Waals surface area (Å²) >= 11 is 1.75. The highest BCUT2D eigenvalue weighted by atomic mass is 32.1. The molecule has 1 aromatic heterocycles. The van der Waals surface area contributed by atoms with Gasteiger partial charge >= 0.3 is 0 Å². The van der Waals surface area contributed by atoms with E-state index in [-0.39, 0.29) is 0 Å². The number of nitrogens with two attached hydrogens (primary N) is 1. The Hall–Kier alpha value is -1.55. The SMILES string of the molecule is Cc1cnc(CCCOc2ccccc2N)s1. The van der Waals surface area contributed by atoms with E-state index in [1.165, 1.54) is 9.88 Å². The zero-order valence-corrected chi connectivity index (χ0v) is 10.7. The highest BCUT2D eigenvalue weighted by Crippen LogP contribution is 2.20. The monoisotopic (exact) mass is 248 g/mol. The Labute approximate surface area is 105 Å².